The van der Waals surface area contributed by atoms with E-state index in [1.165, 1.54) is 5.56 Å². The van der Waals surface area contributed by atoms with E-state index in [0.29, 0.717) is 18.1 Å². The molecule has 0 atom stereocenters. The van der Waals surface area contributed by atoms with Crippen molar-refractivity contribution in [3.63, 3.8) is 0 Å². The Morgan fingerprint density at radius 2 is 2.24 bits per heavy atom. The lowest BCUT2D eigenvalue weighted by Gasteiger charge is -2.07. The molecule has 0 spiro atoms. The molecule has 84 valence electrons. The minimum atomic E-state index is 0.415. The van der Waals surface area contributed by atoms with Gasteiger partial charge in [-0.1, -0.05) is 6.07 Å². The number of hydrogen-bond donors (Lipinski definition) is 1. The van der Waals surface area contributed by atoms with Crippen LogP contribution in [-0.4, -0.2) is 9.97 Å². The third kappa shape index (κ3) is 2.79. The molecule has 0 fully saturated rings. The summed E-state index contributed by atoms with van der Waals surface area (Å²) in [5.74, 6) is 0.701. The average molecular weight is 224 g/mol. The maximum atomic E-state index is 8.74. The maximum absolute atomic E-state index is 8.74. The van der Waals surface area contributed by atoms with Crippen LogP contribution in [0.25, 0.3) is 0 Å². The van der Waals surface area contributed by atoms with Crippen LogP contribution in [0.1, 0.15) is 16.8 Å². The van der Waals surface area contributed by atoms with E-state index >= 15 is 0 Å². The molecule has 17 heavy (non-hydrogen) atoms. The summed E-state index contributed by atoms with van der Waals surface area (Å²) in [6.07, 6.45) is 3.60. The second-order valence-corrected chi connectivity index (χ2v) is 3.68. The summed E-state index contributed by atoms with van der Waals surface area (Å²) in [7, 11) is 0. The minimum Gasteiger partial charge on any atom is -0.366 e. The van der Waals surface area contributed by atoms with Gasteiger partial charge in [0.2, 0.25) is 0 Å². The smallest absolute Gasteiger partial charge is 0.142 e. The van der Waals surface area contributed by atoms with Crippen molar-refractivity contribution in [3.8, 4) is 6.07 Å². The Balaban J connectivity index is 2.08. The second-order valence-electron chi connectivity index (χ2n) is 3.68. The number of hydrogen-bond acceptors (Lipinski definition) is 4. The Bertz CT molecular complexity index is 557. The topological polar surface area (TPSA) is 61.6 Å². The second kappa shape index (κ2) is 5.08. The highest BCUT2D eigenvalue weighted by atomic mass is 15.0. The van der Waals surface area contributed by atoms with Crippen molar-refractivity contribution in [3.05, 3.63) is 53.5 Å². The summed E-state index contributed by atoms with van der Waals surface area (Å²) in [5, 5.41) is 11.9. The molecular weight excluding hydrogens is 212 g/mol. The summed E-state index contributed by atoms with van der Waals surface area (Å²) < 4.78 is 0. The van der Waals surface area contributed by atoms with Gasteiger partial charge in [-0.25, -0.2) is 4.98 Å². The first-order chi connectivity index (χ1) is 8.29. The van der Waals surface area contributed by atoms with E-state index in [1.807, 2.05) is 37.4 Å². The lowest BCUT2D eigenvalue weighted by atomic mass is 10.1. The van der Waals surface area contributed by atoms with E-state index in [1.54, 1.807) is 12.3 Å². The van der Waals surface area contributed by atoms with Gasteiger partial charge in [0.15, 0.2) is 0 Å². The van der Waals surface area contributed by atoms with Crippen molar-refractivity contribution in [2.45, 2.75) is 13.5 Å². The summed E-state index contributed by atoms with van der Waals surface area (Å²) in [6, 6.07) is 9.31. The van der Waals surface area contributed by atoms with Crippen LogP contribution in [0.15, 0.2) is 36.7 Å². The molecule has 0 amide bonds. The largest absolute Gasteiger partial charge is 0.366 e. The molecule has 0 unspecified atom stereocenters. The van der Waals surface area contributed by atoms with Crippen molar-refractivity contribution in [1.82, 2.24) is 9.97 Å². The molecule has 0 radical (unpaired) electrons. The highest BCUT2D eigenvalue weighted by Crippen LogP contribution is 2.09. The third-order valence-electron chi connectivity index (χ3n) is 2.47. The number of nitrogens with zero attached hydrogens (tertiary/aromatic N) is 3. The lowest BCUT2D eigenvalue weighted by Crippen LogP contribution is -2.03. The van der Waals surface area contributed by atoms with Crippen LogP contribution in [-0.2, 0) is 6.54 Å². The zero-order chi connectivity index (χ0) is 12.1. The van der Waals surface area contributed by atoms with Gasteiger partial charge in [-0.3, -0.25) is 4.98 Å². The first-order valence-corrected chi connectivity index (χ1v) is 5.30. The normalized spacial score (nSPS) is 9.65. The Hall–Kier alpha value is -2.41. The number of nitrogens with one attached hydrogen (secondary N) is 1. The van der Waals surface area contributed by atoms with Crippen molar-refractivity contribution >= 4 is 5.82 Å². The average Bonchev–Trinajstić information content (AvgIpc) is 2.38. The van der Waals surface area contributed by atoms with Crippen LogP contribution in [0.5, 0.6) is 0 Å². The first-order valence-electron chi connectivity index (χ1n) is 5.30. The van der Waals surface area contributed by atoms with E-state index in [0.717, 1.165) is 5.56 Å². The van der Waals surface area contributed by atoms with Gasteiger partial charge in [0.05, 0.1) is 0 Å². The number of pyridine rings is 2. The molecule has 0 aliphatic carbocycles. The Morgan fingerprint density at radius 1 is 1.35 bits per heavy atom. The van der Waals surface area contributed by atoms with Crippen LogP contribution >= 0.6 is 0 Å². The lowest BCUT2D eigenvalue weighted by molar-refractivity contribution is 1.06. The fourth-order valence-corrected chi connectivity index (χ4v) is 1.46. The molecule has 2 rings (SSSR count). The van der Waals surface area contributed by atoms with Gasteiger partial charge in [-0.05, 0) is 36.2 Å². The van der Waals surface area contributed by atoms with E-state index in [4.69, 9.17) is 5.26 Å². The molecule has 0 saturated heterocycles. The zero-order valence-electron chi connectivity index (χ0n) is 9.51. The Kier molecular flexibility index (Phi) is 3.31. The first kappa shape index (κ1) is 11.1. The molecule has 0 saturated carbocycles. The van der Waals surface area contributed by atoms with Crippen molar-refractivity contribution in [2.24, 2.45) is 0 Å². The van der Waals surface area contributed by atoms with E-state index in [2.05, 4.69) is 15.3 Å². The van der Waals surface area contributed by atoms with Gasteiger partial charge in [0, 0.05) is 18.9 Å². The molecule has 0 aromatic carbocycles. The van der Waals surface area contributed by atoms with Crippen LogP contribution in [0.4, 0.5) is 5.82 Å². The van der Waals surface area contributed by atoms with Crippen LogP contribution < -0.4 is 5.32 Å². The Morgan fingerprint density at radius 3 is 3.00 bits per heavy atom. The van der Waals surface area contributed by atoms with Gasteiger partial charge in [0.1, 0.15) is 17.6 Å². The molecule has 0 aliphatic heterocycles. The zero-order valence-corrected chi connectivity index (χ0v) is 9.51. The summed E-state index contributed by atoms with van der Waals surface area (Å²) >= 11 is 0. The van der Waals surface area contributed by atoms with Crippen LogP contribution in [0, 0.1) is 18.3 Å². The molecule has 0 aliphatic rings. The summed E-state index contributed by atoms with van der Waals surface area (Å²) in [4.78, 5) is 8.22. The predicted octanol–water partition coefficient (Wildman–Crippen LogP) is 2.27. The molecule has 1 N–H and O–H groups in total. The third-order valence-corrected chi connectivity index (χ3v) is 2.47. The number of aromatic nitrogens is 2. The summed E-state index contributed by atoms with van der Waals surface area (Å²) in [6.45, 7) is 2.69. The molecular formula is C13H12N4. The summed E-state index contributed by atoms with van der Waals surface area (Å²) in [5.41, 5.74) is 2.72. The molecule has 0 bridgehead atoms. The number of anilines is 1. The number of nitriles is 1. The monoisotopic (exact) mass is 224 g/mol. The molecule has 2 heterocycles. The van der Waals surface area contributed by atoms with E-state index in [9.17, 15) is 0 Å². The van der Waals surface area contributed by atoms with Crippen LogP contribution in [0.3, 0.4) is 0 Å². The predicted molar refractivity (Wildman–Crippen MR) is 65.3 cm³/mol. The van der Waals surface area contributed by atoms with Gasteiger partial charge in [0.25, 0.3) is 0 Å². The van der Waals surface area contributed by atoms with Crippen LogP contribution in [0.2, 0.25) is 0 Å². The fourth-order valence-electron chi connectivity index (χ4n) is 1.46. The Labute approximate surface area is 100.0 Å². The molecule has 2 aromatic heterocycles. The highest BCUT2D eigenvalue weighted by molar-refractivity contribution is 5.39. The minimum absolute atomic E-state index is 0.415. The fraction of sp³-hybridized carbons (Fsp3) is 0.154. The van der Waals surface area contributed by atoms with Crippen molar-refractivity contribution in [1.29, 1.82) is 5.26 Å². The van der Waals surface area contributed by atoms with Gasteiger partial charge >= 0.3 is 0 Å². The molecule has 2 aromatic rings. The van der Waals surface area contributed by atoms with E-state index < -0.39 is 0 Å². The van der Waals surface area contributed by atoms with Gasteiger partial charge in [-0.15, -0.1) is 0 Å². The molecule has 4 nitrogen and oxygen atoms in total. The van der Waals surface area contributed by atoms with Gasteiger partial charge in [-0.2, -0.15) is 5.26 Å². The quantitative estimate of drug-likeness (QED) is 0.868. The van der Waals surface area contributed by atoms with E-state index in [-0.39, 0.29) is 0 Å². The van der Waals surface area contributed by atoms with Gasteiger partial charge < -0.3 is 5.32 Å². The van der Waals surface area contributed by atoms with Crippen molar-refractivity contribution in [2.75, 3.05) is 5.32 Å². The maximum Gasteiger partial charge on any atom is 0.142 e. The molecule has 4 heteroatoms. The SMILES string of the molecule is Cc1ccncc1CNc1cccc(C#N)n1. The standard InChI is InChI=1S/C13H12N4/c1-10-5-6-15-8-11(10)9-16-13-4-2-3-12(7-14)17-13/h2-6,8H,9H2,1H3,(H,16,17). The number of aryl methyl sites for hydroxylation is 1. The highest BCUT2D eigenvalue weighted by Gasteiger charge is 1.99. The van der Waals surface area contributed by atoms with Crippen molar-refractivity contribution < 1.29 is 0 Å². The number of rotatable bonds is 3.